The van der Waals surface area contributed by atoms with Gasteiger partial charge in [-0.05, 0) is 19.8 Å². The molecule has 0 aromatic rings. The molecule has 74 valence electrons. The molecule has 0 saturated heterocycles. The van der Waals surface area contributed by atoms with Crippen molar-refractivity contribution >= 4 is 9.84 Å². The van der Waals surface area contributed by atoms with Gasteiger partial charge in [0.05, 0.1) is 10.5 Å². The first-order chi connectivity index (χ1) is 5.34. The summed E-state index contributed by atoms with van der Waals surface area (Å²) in [6.45, 7) is 7.38. The van der Waals surface area contributed by atoms with Gasteiger partial charge in [0.2, 0.25) is 0 Å². The predicted molar refractivity (Wildman–Crippen MR) is 51.7 cm³/mol. The van der Waals surface area contributed by atoms with Crippen LogP contribution in [0.15, 0.2) is 0 Å². The van der Waals surface area contributed by atoms with Crippen molar-refractivity contribution in [3.8, 4) is 0 Å². The Morgan fingerprint density at radius 3 is 1.67 bits per heavy atom. The summed E-state index contributed by atoms with van der Waals surface area (Å²) in [5.41, 5.74) is 5.42. The SMILES string of the molecule is CC(C)C(CN)S(=O)(=O)C(C)C. The fourth-order valence-electron chi connectivity index (χ4n) is 1.14. The maximum Gasteiger partial charge on any atom is 0.156 e. The van der Waals surface area contributed by atoms with Crippen LogP contribution in [-0.2, 0) is 9.84 Å². The van der Waals surface area contributed by atoms with Crippen molar-refractivity contribution in [1.82, 2.24) is 0 Å². The van der Waals surface area contributed by atoms with E-state index in [1.54, 1.807) is 13.8 Å². The maximum absolute atomic E-state index is 11.6. The fraction of sp³-hybridized carbons (Fsp3) is 1.00. The second-order valence-corrected chi connectivity index (χ2v) is 6.38. The number of rotatable bonds is 4. The molecular weight excluding hydrogens is 174 g/mol. The Balaban J connectivity index is 4.74. The van der Waals surface area contributed by atoms with E-state index in [-0.39, 0.29) is 17.7 Å². The quantitative estimate of drug-likeness (QED) is 0.718. The van der Waals surface area contributed by atoms with Crippen LogP contribution in [0.5, 0.6) is 0 Å². The van der Waals surface area contributed by atoms with Crippen molar-refractivity contribution in [3.05, 3.63) is 0 Å². The van der Waals surface area contributed by atoms with Crippen LogP contribution in [0.25, 0.3) is 0 Å². The zero-order valence-electron chi connectivity index (χ0n) is 8.24. The number of nitrogens with two attached hydrogens (primary N) is 1. The highest BCUT2D eigenvalue weighted by atomic mass is 32.2. The Bertz CT molecular complexity index is 219. The number of sulfone groups is 1. The Kier molecular flexibility index (Phi) is 4.20. The molecule has 1 atom stereocenters. The van der Waals surface area contributed by atoms with E-state index >= 15 is 0 Å². The summed E-state index contributed by atoms with van der Waals surface area (Å²) in [5.74, 6) is 0.0994. The van der Waals surface area contributed by atoms with Crippen molar-refractivity contribution in [3.63, 3.8) is 0 Å². The third kappa shape index (κ3) is 2.45. The highest BCUT2D eigenvalue weighted by Gasteiger charge is 2.29. The molecule has 0 heterocycles. The van der Waals surface area contributed by atoms with E-state index in [9.17, 15) is 8.42 Å². The fourth-order valence-corrected chi connectivity index (χ4v) is 2.86. The molecule has 1 unspecified atom stereocenters. The summed E-state index contributed by atoms with van der Waals surface area (Å²) in [5, 5.41) is -0.717. The first kappa shape index (κ1) is 11.9. The standard InChI is InChI=1S/C8H19NO2S/c1-6(2)8(5-9)12(10,11)7(3)4/h6-8H,5,9H2,1-4H3. The molecule has 0 bridgehead atoms. The van der Waals surface area contributed by atoms with E-state index in [0.717, 1.165) is 0 Å². The molecule has 0 saturated carbocycles. The van der Waals surface area contributed by atoms with Crippen molar-refractivity contribution in [1.29, 1.82) is 0 Å². The number of hydrogen-bond acceptors (Lipinski definition) is 3. The van der Waals surface area contributed by atoms with Crippen LogP contribution in [0.3, 0.4) is 0 Å². The van der Waals surface area contributed by atoms with E-state index in [1.807, 2.05) is 13.8 Å². The van der Waals surface area contributed by atoms with E-state index in [4.69, 9.17) is 5.73 Å². The molecule has 0 aromatic carbocycles. The van der Waals surface area contributed by atoms with Gasteiger partial charge in [-0.1, -0.05) is 13.8 Å². The topological polar surface area (TPSA) is 60.2 Å². The first-order valence-electron chi connectivity index (χ1n) is 4.26. The zero-order valence-corrected chi connectivity index (χ0v) is 9.06. The van der Waals surface area contributed by atoms with Crippen LogP contribution in [0.1, 0.15) is 27.7 Å². The lowest BCUT2D eigenvalue weighted by atomic mass is 10.1. The molecule has 12 heavy (non-hydrogen) atoms. The van der Waals surface area contributed by atoms with Gasteiger partial charge < -0.3 is 5.73 Å². The molecule has 0 aliphatic heterocycles. The third-order valence-corrected chi connectivity index (χ3v) is 4.95. The Hall–Kier alpha value is -0.0900. The van der Waals surface area contributed by atoms with Gasteiger partial charge in [0.25, 0.3) is 0 Å². The Labute approximate surface area is 75.3 Å². The summed E-state index contributed by atoms with van der Waals surface area (Å²) in [6, 6.07) is 0. The van der Waals surface area contributed by atoms with Crippen molar-refractivity contribution < 1.29 is 8.42 Å². The minimum atomic E-state index is -3.01. The molecule has 4 heteroatoms. The molecule has 2 N–H and O–H groups in total. The van der Waals surface area contributed by atoms with Gasteiger partial charge >= 0.3 is 0 Å². The van der Waals surface area contributed by atoms with Gasteiger partial charge in [0.1, 0.15) is 0 Å². The zero-order chi connectivity index (χ0) is 9.94. The van der Waals surface area contributed by atoms with Gasteiger partial charge in [-0.25, -0.2) is 8.42 Å². The van der Waals surface area contributed by atoms with Gasteiger partial charge in [-0.3, -0.25) is 0 Å². The molecule has 0 amide bonds. The van der Waals surface area contributed by atoms with Gasteiger partial charge in [-0.2, -0.15) is 0 Å². The lowest BCUT2D eigenvalue weighted by Gasteiger charge is -2.21. The van der Waals surface area contributed by atoms with Crippen LogP contribution in [0.2, 0.25) is 0 Å². The normalized spacial score (nSPS) is 15.6. The van der Waals surface area contributed by atoms with Crippen LogP contribution >= 0.6 is 0 Å². The second-order valence-electron chi connectivity index (χ2n) is 3.66. The summed E-state index contributed by atoms with van der Waals surface area (Å²) < 4.78 is 23.2. The molecule has 0 radical (unpaired) electrons. The largest absolute Gasteiger partial charge is 0.329 e. The summed E-state index contributed by atoms with van der Waals surface area (Å²) in [6.07, 6.45) is 0. The molecule has 0 spiro atoms. The van der Waals surface area contributed by atoms with Crippen LogP contribution in [0.4, 0.5) is 0 Å². The summed E-state index contributed by atoms with van der Waals surface area (Å²) >= 11 is 0. The Morgan fingerprint density at radius 1 is 1.17 bits per heavy atom. The van der Waals surface area contributed by atoms with Gasteiger partial charge in [0.15, 0.2) is 9.84 Å². The van der Waals surface area contributed by atoms with Crippen molar-refractivity contribution in [2.75, 3.05) is 6.54 Å². The van der Waals surface area contributed by atoms with Crippen molar-refractivity contribution in [2.45, 2.75) is 38.2 Å². The molecule has 0 aromatic heterocycles. The Morgan fingerprint density at radius 2 is 1.58 bits per heavy atom. The highest BCUT2D eigenvalue weighted by molar-refractivity contribution is 7.92. The molecule has 0 aliphatic rings. The number of hydrogen-bond donors (Lipinski definition) is 1. The van der Waals surface area contributed by atoms with E-state index < -0.39 is 15.1 Å². The average Bonchev–Trinajstić information content (AvgIpc) is 1.86. The van der Waals surface area contributed by atoms with Gasteiger partial charge in [-0.15, -0.1) is 0 Å². The molecular formula is C8H19NO2S. The summed E-state index contributed by atoms with van der Waals surface area (Å²) in [4.78, 5) is 0. The minimum absolute atomic E-state index is 0.0994. The smallest absolute Gasteiger partial charge is 0.156 e. The molecule has 0 rings (SSSR count). The molecule has 0 fully saturated rings. The van der Waals surface area contributed by atoms with Crippen LogP contribution in [-0.4, -0.2) is 25.5 Å². The maximum atomic E-state index is 11.6. The lowest BCUT2D eigenvalue weighted by molar-refractivity contribution is 0.526. The second kappa shape index (κ2) is 4.23. The molecule has 0 aliphatic carbocycles. The van der Waals surface area contributed by atoms with E-state index in [2.05, 4.69) is 0 Å². The summed E-state index contributed by atoms with van der Waals surface area (Å²) in [7, 11) is -3.01. The average molecular weight is 193 g/mol. The minimum Gasteiger partial charge on any atom is -0.329 e. The molecule has 3 nitrogen and oxygen atoms in total. The third-order valence-electron chi connectivity index (χ3n) is 2.05. The lowest BCUT2D eigenvalue weighted by Crippen LogP contribution is -2.38. The van der Waals surface area contributed by atoms with Crippen LogP contribution < -0.4 is 5.73 Å². The monoisotopic (exact) mass is 193 g/mol. The van der Waals surface area contributed by atoms with Crippen LogP contribution in [0, 0.1) is 5.92 Å². The van der Waals surface area contributed by atoms with Gasteiger partial charge in [0, 0.05) is 6.54 Å². The predicted octanol–water partition coefficient (Wildman–Crippen LogP) is 0.793. The van der Waals surface area contributed by atoms with Crippen molar-refractivity contribution in [2.24, 2.45) is 11.7 Å². The van der Waals surface area contributed by atoms with E-state index in [1.165, 1.54) is 0 Å². The first-order valence-corrected chi connectivity index (χ1v) is 5.87. The van der Waals surface area contributed by atoms with E-state index in [0.29, 0.717) is 0 Å². The highest BCUT2D eigenvalue weighted by Crippen LogP contribution is 2.15.